The number of carbonyl (C=O) groups is 1. The summed E-state index contributed by atoms with van der Waals surface area (Å²) in [5.74, 6) is 1.60. The van der Waals surface area contributed by atoms with Crippen LogP contribution in [0.5, 0.6) is 11.5 Å². The molecule has 26 heavy (non-hydrogen) atoms. The quantitative estimate of drug-likeness (QED) is 0.702. The minimum Gasteiger partial charge on any atom is -0.497 e. The summed E-state index contributed by atoms with van der Waals surface area (Å²) in [4.78, 5) is 13.4. The monoisotopic (exact) mass is 377 g/mol. The Morgan fingerprint density at radius 3 is 2.35 bits per heavy atom. The zero-order valence-electron chi connectivity index (χ0n) is 15.4. The van der Waals surface area contributed by atoms with Crippen molar-refractivity contribution in [1.82, 2.24) is 5.32 Å². The summed E-state index contributed by atoms with van der Waals surface area (Å²) in [5, 5.41) is 3.66. The van der Waals surface area contributed by atoms with Gasteiger partial charge in [0.05, 0.1) is 14.2 Å². The van der Waals surface area contributed by atoms with E-state index in [1.807, 2.05) is 50.4 Å². The minimum atomic E-state index is -0.165. The fourth-order valence-corrected chi connectivity index (χ4v) is 2.51. The van der Waals surface area contributed by atoms with Gasteiger partial charge in [-0.05, 0) is 48.9 Å². The maximum Gasteiger partial charge on any atom is 0.278 e. The number of rotatable bonds is 9. The molecule has 0 saturated heterocycles. The molecule has 0 bridgehead atoms. The molecule has 0 heterocycles. The van der Waals surface area contributed by atoms with Crippen LogP contribution >= 0.6 is 11.6 Å². The number of quaternary nitrogens is 1. The maximum atomic E-state index is 12.3. The Kier molecular flexibility index (Phi) is 7.75. The zero-order chi connectivity index (χ0) is 18.9. The van der Waals surface area contributed by atoms with Gasteiger partial charge in [0.25, 0.3) is 5.91 Å². The lowest BCUT2D eigenvalue weighted by molar-refractivity contribution is -0.894. The van der Waals surface area contributed by atoms with Crippen LogP contribution in [-0.2, 0) is 11.3 Å². The van der Waals surface area contributed by atoms with Crippen molar-refractivity contribution in [1.29, 1.82) is 0 Å². The molecule has 2 aromatic carbocycles. The van der Waals surface area contributed by atoms with E-state index in [1.165, 1.54) is 0 Å². The van der Waals surface area contributed by atoms with Crippen molar-refractivity contribution in [3.8, 4) is 11.5 Å². The van der Waals surface area contributed by atoms with Crippen LogP contribution in [0.25, 0.3) is 0 Å². The molecule has 2 N–H and O–H groups in total. The number of halogens is 1. The Bertz CT molecular complexity index is 689. The molecular formula is C20H26ClN2O3+. The third-order valence-electron chi connectivity index (χ3n) is 4.34. The second kappa shape index (κ2) is 10.0. The number of carbonyl (C=O) groups excluding carboxylic acids is 1. The average molecular weight is 378 g/mol. The van der Waals surface area contributed by atoms with Gasteiger partial charge in [-0.1, -0.05) is 23.7 Å². The number of hydrogen-bond acceptors (Lipinski definition) is 3. The molecule has 0 fully saturated rings. The first-order valence-corrected chi connectivity index (χ1v) is 8.98. The van der Waals surface area contributed by atoms with Crippen LogP contribution in [0.1, 0.15) is 12.5 Å². The number of hydrogen-bond donors (Lipinski definition) is 2. The fraction of sp³-hybridized carbons (Fsp3) is 0.350. The molecule has 6 heteroatoms. The van der Waals surface area contributed by atoms with Crippen molar-refractivity contribution >= 4 is 17.5 Å². The van der Waals surface area contributed by atoms with E-state index in [-0.39, 0.29) is 11.9 Å². The summed E-state index contributed by atoms with van der Waals surface area (Å²) in [6.45, 7) is 3.67. The Hall–Kier alpha value is -2.24. The molecule has 140 valence electrons. The highest BCUT2D eigenvalue weighted by Gasteiger charge is 2.21. The SMILES string of the molecule is COc1ccc(CNC(=O)[C@@H](C)[NH+](C)CCOc2ccc(Cl)cc2)cc1. The zero-order valence-corrected chi connectivity index (χ0v) is 16.2. The highest BCUT2D eigenvalue weighted by atomic mass is 35.5. The van der Waals surface area contributed by atoms with Crippen molar-refractivity contribution < 1.29 is 19.2 Å². The Morgan fingerprint density at radius 1 is 1.12 bits per heavy atom. The van der Waals surface area contributed by atoms with Crippen LogP contribution in [-0.4, -0.2) is 39.3 Å². The number of amides is 1. The van der Waals surface area contributed by atoms with E-state index in [2.05, 4.69) is 5.32 Å². The van der Waals surface area contributed by atoms with Crippen LogP contribution in [0.3, 0.4) is 0 Å². The Labute approximate surface area is 159 Å². The number of ether oxygens (including phenoxy) is 2. The first kappa shape index (κ1) is 20.1. The van der Waals surface area contributed by atoms with Gasteiger partial charge >= 0.3 is 0 Å². The summed E-state index contributed by atoms with van der Waals surface area (Å²) in [7, 11) is 3.62. The molecule has 5 nitrogen and oxygen atoms in total. The van der Waals surface area contributed by atoms with Gasteiger partial charge in [0.15, 0.2) is 6.04 Å². The van der Waals surface area contributed by atoms with E-state index in [1.54, 1.807) is 19.2 Å². The highest BCUT2D eigenvalue weighted by molar-refractivity contribution is 6.30. The van der Waals surface area contributed by atoms with Crippen LogP contribution < -0.4 is 19.7 Å². The molecule has 0 aromatic heterocycles. The van der Waals surface area contributed by atoms with Gasteiger partial charge in [-0.25, -0.2) is 0 Å². The summed E-state index contributed by atoms with van der Waals surface area (Å²) >= 11 is 5.85. The van der Waals surface area contributed by atoms with Gasteiger partial charge in [-0.15, -0.1) is 0 Å². The van der Waals surface area contributed by atoms with Crippen molar-refractivity contribution in [2.75, 3.05) is 27.3 Å². The van der Waals surface area contributed by atoms with Gasteiger partial charge in [0.1, 0.15) is 24.7 Å². The van der Waals surface area contributed by atoms with Crippen molar-refractivity contribution in [3.63, 3.8) is 0 Å². The van der Waals surface area contributed by atoms with Crippen LogP contribution in [0.4, 0.5) is 0 Å². The smallest absolute Gasteiger partial charge is 0.278 e. The van der Waals surface area contributed by atoms with Gasteiger partial charge in [-0.2, -0.15) is 0 Å². The summed E-state index contributed by atoms with van der Waals surface area (Å²) in [6.07, 6.45) is 0. The molecule has 2 atom stereocenters. The third-order valence-corrected chi connectivity index (χ3v) is 4.59. The number of methoxy groups -OCH3 is 1. The van der Waals surface area contributed by atoms with Crippen LogP contribution in [0.2, 0.25) is 5.02 Å². The number of likely N-dealkylation sites (N-methyl/N-ethyl adjacent to an activating group) is 1. The van der Waals surface area contributed by atoms with Gasteiger partial charge in [0, 0.05) is 11.6 Å². The molecule has 0 aliphatic carbocycles. The number of benzene rings is 2. The van der Waals surface area contributed by atoms with E-state index < -0.39 is 0 Å². The predicted octanol–water partition coefficient (Wildman–Crippen LogP) is 1.95. The second-order valence-electron chi connectivity index (χ2n) is 6.19. The standard InChI is InChI=1S/C20H25ClN2O3/c1-15(20(24)22-14-16-4-8-18(25-3)9-5-16)23(2)12-13-26-19-10-6-17(21)7-11-19/h4-11,15H,12-14H2,1-3H3,(H,22,24)/p+1/t15-/m1/s1. The lowest BCUT2D eigenvalue weighted by Gasteiger charge is -2.21. The predicted molar refractivity (Wildman–Crippen MR) is 103 cm³/mol. The van der Waals surface area contributed by atoms with Crippen molar-refractivity contribution in [2.45, 2.75) is 19.5 Å². The maximum absolute atomic E-state index is 12.3. The van der Waals surface area contributed by atoms with Crippen LogP contribution in [0, 0.1) is 0 Å². The van der Waals surface area contributed by atoms with Gasteiger partial charge < -0.3 is 19.7 Å². The van der Waals surface area contributed by atoms with E-state index in [4.69, 9.17) is 21.1 Å². The first-order valence-electron chi connectivity index (χ1n) is 8.61. The minimum absolute atomic E-state index is 0.0183. The normalized spacial score (nSPS) is 12.9. The summed E-state index contributed by atoms with van der Waals surface area (Å²) in [6, 6.07) is 14.8. The highest BCUT2D eigenvalue weighted by Crippen LogP contribution is 2.15. The molecule has 2 aromatic rings. The van der Waals surface area contributed by atoms with E-state index in [9.17, 15) is 4.79 Å². The van der Waals surface area contributed by atoms with Crippen molar-refractivity contribution in [2.24, 2.45) is 0 Å². The molecular weight excluding hydrogens is 352 g/mol. The first-order chi connectivity index (χ1) is 12.5. The third kappa shape index (κ3) is 6.24. The van der Waals surface area contributed by atoms with Crippen molar-refractivity contribution in [3.05, 3.63) is 59.1 Å². The van der Waals surface area contributed by atoms with E-state index >= 15 is 0 Å². The molecule has 2 rings (SSSR count). The lowest BCUT2D eigenvalue weighted by Crippen LogP contribution is -3.14. The fourth-order valence-electron chi connectivity index (χ4n) is 2.39. The molecule has 0 radical (unpaired) electrons. The lowest BCUT2D eigenvalue weighted by atomic mass is 10.2. The second-order valence-corrected chi connectivity index (χ2v) is 6.62. The molecule has 0 aliphatic heterocycles. The summed E-state index contributed by atoms with van der Waals surface area (Å²) < 4.78 is 10.8. The number of nitrogens with one attached hydrogen (secondary N) is 2. The van der Waals surface area contributed by atoms with Crippen LogP contribution in [0.15, 0.2) is 48.5 Å². The Balaban J connectivity index is 1.72. The van der Waals surface area contributed by atoms with E-state index in [0.717, 1.165) is 28.5 Å². The molecule has 0 saturated carbocycles. The average Bonchev–Trinajstić information content (AvgIpc) is 2.67. The van der Waals surface area contributed by atoms with Gasteiger partial charge in [-0.3, -0.25) is 4.79 Å². The largest absolute Gasteiger partial charge is 0.497 e. The molecule has 0 aliphatic rings. The summed E-state index contributed by atoms with van der Waals surface area (Å²) in [5.41, 5.74) is 1.04. The van der Waals surface area contributed by atoms with E-state index in [0.29, 0.717) is 18.2 Å². The van der Waals surface area contributed by atoms with Gasteiger partial charge in [0.2, 0.25) is 0 Å². The molecule has 1 unspecified atom stereocenters. The topological polar surface area (TPSA) is 52.0 Å². The Morgan fingerprint density at radius 2 is 1.73 bits per heavy atom. The molecule has 1 amide bonds. The molecule has 0 spiro atoms.